The Bertz CT molecular complexity index is 1360. The van der Waals surface area contributed by atoms with E-state index in [4.69, 9.17) is 4.98 Å². The number of alkyl halides is 2. The molecule has 1 fully saturated rings. The van der Waals surface area contributed by atoms with Gasteiger partial charge in [-0.05, 0) is 54.5 Å². The van der Waals surface area contributed by atoms with E-state index in [1.54, 1.807) is 6.20 Å². The van der Waals surface area contributed by atoms with Crippen molar-refractivity contribution in [1.29, 1.82) is 0 Å². The van der Waals surface area contributed by atoms with Crippen LogP contribution in [0.5, 0.6) is 0 Å². The van der Waals surface area contributed by atoms with E-state index >= 15 is 0 Å². The van der Waals surface area contributed by atoms with E-state index in [0.717, 1.165) is 61.1 Å². The summed E-state index contributed by atoms with van der Waals surface area (Å²) in [5, 5.41) is 6.27. The lowest BCUT2D eigenvalue weighted by atomic mass is 9.89. The van der Waals surface area contributed by atoms with Gasteiger partial charge < -0.3 is 20.6 Å². The molecule has 4 N–H and O–H groups in total. The Balaban J connectivity index is 1.17. The summed E-state index contributed by atoms with van der Waals surface area (Å²) in [6.07, 6.45) is 6.07. The average molecular weight is 489 g/mol. The molecule has 0 radical (unpaired) electrons. The number of imidazole rings is 2. The number of rotatable bonds is 7. The first-order chi connectivity index (χ1) is 17.4. The number of halogens is 2. The van der Waals surface area contributed by atoms with Crippen LogP contribution in [0, 0.1) is 0 Å². The third-order valence-electron chi connectivity index (χ3n) is 7.08. The Kier molecular flexibility index (Phi) is 5.93. The molecule has 186 valence electrons. The van der Waals surface area contributed by atoms with Gasteiger partial charge >= 0.3 is 0 Å². The number of aryl methyl sites for hydroxylation is 2. The first kappa shape index (κ1) is 23.1. The Morgan fingerprint density at radius 1 is 1.03 bits per heavy atom. The molecule has 3 heterocycles. The topological polar surface area (TPSA) is 81.4 Å². The normalized spacial score (nSPS) is 17.2. The van der Waals surface area contributed by atoms with Crippen molar-refractivity contribution >= 4 is 0 Å². The molecule has 6 rings (SSSR count). The first-order valence-electron chi connectivity index (χ1n) is 12.6. The molecular weight excluding hydrogens is 458 g/mol. The maximum absolute atomic E-state index is 13.0. The lowest BCUT2D eigenvalue weighted by Crippen LogP contribution is -2.29. The molecular formula is C28H30F2N6. The van der Waals surface area contributed by atoms with Gasteiger partial charge in [-0.25, -0.2) is 18.7 Å². The summed E-state index contributed by atoms with van der Waals surface area (Å²) in [5.74, 6) is -1.03. The largest absolute Gasteiger partial charge is 0.344 e. The molecule has 0 bridgehead atoms. The van der Waals surface area contributed by atoms with Crippen molar-refractivity contribution in [1.82, 2.24) is 30.6 Å². The van der Waals surface area contributed by atoms with Crippen LogP contribution in [-0.4, -0.2) is 38.9 Å². The van der Waals surface area contributed by atoms with Crippen molar-refractivity contribution in [2.24, 2.45) is 0 Å². The first-order valence-corrected chi connectivity index (χ1v) is 12.6. The number of hydrogen-bond donors (Lipinski definition) is 4. The van der Waals surface area contributed by atoms with E-state index in [9.17, 15) is 8.78 Å². The SMILES string of the molecule is CC(F)(F)CNCc1ncc(-c2ccc(-c3ccc4c(c3)CCc3[nH]c([C@@H]5CCCN5)nc3-4)cc2)[nH]1. The molecule has 2 aliphatic rings. The average Bonchev–Trinajstić information content (AvgIpc) is 3.63. The van der Waals surface area contributed by atoms with Gasteiger partial charge in [-0.2, -0.15) is 0 Å². The molecule has 0 amide bonds. The maximum atomic E-state index is 13.0. The van der Waals surface area contributed by atoms with Crippen molar-refractivity contribution in [3.05, 3.63) is 71.6 Å². The van der Waals surface area contributed by atoms with Crippen molar-refractivity contribution in [2.75, 3.05) is 13.1 Å². The highest BCUT2D eigenvalue weighted by Gasteiger charge is 2.25. The standard InChI is InChI=1S/C28H30F2N6/c1-28(29,30)16-31-15-25-33-14-24(34-25)18-6-4-17(5-7-18)19-8-10-21-20(13-19)9-11-22-26(21)36-27(35-22)23-3-2-12-32-23/h4-8,10,13-14,23,31-32H,2-3,9,11-12,15-16H2,1H3,(H,33,34)(H,35,36)/t23-/m0/s1. The molecule has 2 aromatic carbocycles. The lowest BCUT2D eigenvalue weighted by molar-refractivity contribution is 0.0223. The number of H-pyrrole nitrogens is 2. The van der Waals surface area contributed by atoms with E-state index in [2.05, 4.69) is 68.1 Å². The molecule has 8 heteroatoms. The van der Waals surface area contributed by atoms with E-state index in [1.807, 2.05) is 0 Å². The zero-order valence-corrected chi connectivity index (χ0v) is 20.3. The van der Waals surface area contributed by atoms with Crippen molar-refractivity contribution < 1.29 is 8.78 Å². The molecule has 1 aliphatic heterocycles. The van der Waals surface area contributed by atoms with Crippen LogP contribution in [-0.2, 0) is 19.4 Å². The van der Waals surface area contributed by atoms with E-state index in [0.29, 0.717) is 11.9 Å². The number of hydrogen-bond acceptors (Lipinski definition) is 4. The van der Waals surface area contributed by atoms with Gasteiger partial charge in [0.1, 0.15) is 11.6 Å². The van der Waals surface area contributed by atoms with Gasteiger partial charge in [0.2, 0.25) is 0 Å². The van der Waals surface area contributed by atoms with Crippen LogP contribution in [0.25, 0.3) is 33.6 Å². The molecule has 6 nitrogen and oxygen atoms in total. The van der Waals surface area contributed by atoms with Gasteiger partial charge in [-0.1, -0.05) is 42.5 Å². The van der Waals surface area contributed by atoms with Crippen LogP contribution in [0.1, 0.15) is 48.7 Å². The summed E-state index contributed by atoms with van der Waals surface area (Å²) in [4.78, 5) is 16.1. The highest BCUT2D eigenvalue weighted by molar-refractivity contribution is 5.76. The number of nitrogens with one attached hydrogen (secondary N) is 4. The zero-order valence-electron chi connectivity index (χ0n) is 20.3. The summed E-state index contributed by atoms with van der Waals surface area (Å²) < 4.78 is 26.0. The summed E-state index contributed by atoms with van der Waals surface area (Å²) in [6.45, 7) is 1.86. The third-order valence-corrected chi connectivity index (χ3v) is 7.08. The molecule has 0 spiro atoms. The number of benzene rings is 2. The van der Waals surface area contributed by atoms with Crippen LogP contribution in [0.4, 0.5) is 8.78 Å². The van der Waals surface area contributed by atoms with Crippen molar-refractivity contribution in [2.45, 2.75) is 51.1 Å². The number of aromatic nitrogens is 4. The number of fused-ring (bicyclic) bond motifs is 3. The summed E-state index contributed by atoms with van der Waals surface area (Å²) in [6, 6.07) is 15.4. The second kappa shape index (κ2) is 9.26. The highest BCUT2D eigenvalue weighted by Crippen LogP contribution is 2.36. The van der Waals surface area contributed by atoms with E-state index < -0.39 is 5.92 Å². The van der Waals surface area contributed by atoms with Gasteiger partial charge in [0.05, 0.1) is 36.7 Å². The van der Waals surface area contributed by atoms with Crippen LogP contribution in [0.15, 0.2) is 48.7 Å². The fourth-order valence-electron chi connectivity index (χ4n) is 5.23. The molecule has 2 aromatic heterocycles. The monoisotopic (exact) mass is 488 g/mol. The van der Waals surface area contributed by atoms with Gasteiger partial charge in [0.25, 0.3) is 5.92 Å². The van der Waals surface area contributed by atoms with Gasteiger partial charge in [0, 0.05) is 18.2 Å². The molecule has 36 heavy (non-hydrogen) atoms. The molecule has 4 aromatic rings. The van der Waals surface area contributed by atoms with Gasteiger partial charge in [0.15, 0.2) is 0 Å². The summed E-state index contributed by atoms with van der Waals surface area (Å²) >= 11 is 0. The second-order valence-electron chi connectivity index (χ2n) is 9.96. The Morgan fingerprint density at radius 3 is 2.61 bits per heavy atom. The minimum atomic E-state index is -2.74. The Morgan fingerprint density at radius 2 is 1.83 bits per heavy atom. The molecule has 0 unspecified atom stereocenters. The Labute approximate surface area is 209 Å². The predicted octanol–water partition coefficient (Wildman–Crippen LogP) is 5.40. The quantitative estimate of drug-likeness (QED) is 0.281. The smallest absolute Gasteiger partial charge is 0.257 e. The number of nitrogens with zero attached hydrogens (tertiary/aromatic N) is 2. The summed E-state index contributed by atoms with van der Waals surface area (Å²) in [7, 11) is 0. The summed E-state index contributed by atoms with van der Waals surface area (Å²) in [5.41, 5.74) is 9.14. The molecule has 1 atom stereocenters. The van der Waals surface area contributed by atoms with Crippen LogP contribution >= 0.6 is 0 Å². The van der Waals surface area contributed by atoms with Crippen LogP contribution in [0.2, 0.25) is 0 Å². The van der Waals surface area contributed by atoms with Gasteiger partial charge in [-0.3, -0.25) is 0 Å². The minimum absolute atomic E-state index is 0.271. The number of aromatic amines is 2. The van der Waals surface area contributed by atoms with Crippen LogP contribution in [0.3, 0.4) is 0 Å². The third kappa shape index (κ3) is 4.70. The maximum Gasteiger partial charge on any atom is 0.257 e. The van der Waals surface area contributed by atoms with Crippen molar-refractivity contribution in [3.8, 4) is 33.6 Å². The predicted molar refractivity (Wildman–Crippen MR) is 137 cm³/mol. The lowest BCUT2D eigenvalue weighted by Gasteiger charge is -2.16. The van der Waals surface area contributed by atoms with Crippen molar-refractivity contribution in [3.63, 3.8) is 0 Å². The fourth-order valence-corrected chi connectivity index (χ4v) is 5.23. The molecule has 1 aliphatic carbocycles. The van der Waals surface area contributed by atoms with E-state index in [1.165, 1.54) is 28.8 Å². The zero-order chi connectivity index (χ0) is 24.7. The fraction of sp³-hybridized carbons (Fsp3) is 0.357. The second-order valence-corrected chi connectivity index (χ2v) is 9.96. The molecule has 1 saturated heterocycles. The highest BCUT2D eigenvalue weighted by atomic mass is 19.3. The molecule has 0 saturated carbocycles. The van der Waals surface area contributed by atoms with Crippen LogP contribution < -0.4 is 10.6 Å². The van der Waals surface area contributed by atoms with E-state index in [-0.39, 0.29) is 13.1 Å². The van der Waals surface area contributed by atoms with Gasteiger partial charge in [-0.15, -0.1) is 0 Å². The minimum Gasteiger partial charge on any atom is -0.344 e. The Hall–Kier alpha value is -3.36.